The van der Waals surface area contributed by atoms with Crippen LogP contribution in [0.15, 0.2) is 72.4 Å². The van der Waals surface area contributed by atoms with Crippen LogP contribution in [0.2, 0.25) is 0 Å². The van der Waals surface area contributed by atoms with Crippen LogP contribution in [0.1, 0.15) is 93.6 Å². The zero-order valence-electron chi connectivity index (χ0n) is 56.4. The highest BCUT2D eigenvalue weighted by atomic mass is 31.2. The molecule has 7 aromatic rings. The third kappa shape index (κ3) is 18.4. The third-order valence-electron chi connectivity index (χ3n) is 17.8. The van der Waals surface area contributed by atoms with Gasteiger partial charge in [0.2, 0.25) is 5.95 Å². The number of aromatic nitrogens is 14. The molecule has 7 aromatic heterocycles. The smallest absolute Gasteiger partial charge is 0.394 e. The first-order valence-electron chi connectivity index (χ1n) is 32.9. The summed E-state index contributed by atoms with van der Waals surface area (Å²) < 4.78 is 143. The van der Waals surface area contributed by atoms with E-state index in [1.807, 2.05) is 0 Å². The molecule has 4 unspecified atom stereocenters. The molecule has 5 fully saturated rings. The minimum atomic E-state index is -5.71. The summed E-state index contributed by atoms with van der Waals surface area (Å²) >= 11 is 0. The van der Waals surface area contributed by atoms with Crippen molar-refractivity contribution in [3.05, 3.63) is 117 Å². The minimum absolute atomic E-state index is 0.0187. The average Bonchev–Trinajstić information content (AvgIpc) is 1.64. The number of H-pyrrole nitrogens is 3. The number of unbranched alkanes of at least 4 members (excludes halogenated alkanes) is 3. The Labute approximate surface area is 599 Å². The SMILES string of the molecule is Cc1cn([C@@H]2O[C@H](COP(=O)(O)O[C@H]3C[C@H](n4cnc5c(N)ncnc54)O[C@@H]3COP(=O)(O)O[C@H]3C[C@H](n4cnc5c(=O)[nH]c(N)nc54)O[C@@H]3CO)[C@@H](OP(=O)(O)OC[C@H]3O[C@@H](n4ccc(N)nc4=O)C[C@@H]3OP(=O)(O)OC[C@H]3O[C@@H](n4cc(C)c(=O)[nH]c4=O)C[C@@H]3O)[C@H]2OCCCCCCN)c(=O)[nH]c1=O. The van der Waals surface area contributed by atoms with E-state index in [0.717, 1.165) is 32.4 Å². The van der Waals surface area contributed by atoms with E-state index >= 15 is 0 Å². The Morgan fingerprint density at radius 2 is 1.05 bits per heavy atom. The standard InChI is InChI=1S/C55H76N18O30P4/c1-25-15-70(54(80)67-48(25)76)37-11-27(75)32(96-37)18-91-104(82,83)101-29-13-38(69-9-7-36(57)64-53(69)79)97-33(29)20-93-107(88,89)103-43-35(99-51(44(43)90-10-6-4-3-5-8-56)71-16-26(2)49(77)68-55(71)81)21-94-106(86,87)102-30-14-39(72-23-62-41-45(58)60-22-61-46(41)72)98-34(30)19-92-105(84,85)100-28-12-40(95-31(28)17-74)73-24-63-42-47(73)65-52(59)66-50(42)78/h7,9,15-16,22-24,27-35,37-40,43-44,51,74-75H,3-6,8,10-14,17-21,56H2,1-2H3,(H,82,83)(H,84,85)(H,86,87)(H,88,89)(H2,57,64,79)(H2,58,60,61)(H,67,76,80)(H,68,77,81)(H3,59,65,66,78)/t27-,28-,29-,30-,31+,32+,33+,34+,35+,37+,38+,39+,40+,43+,44+,51+/m0/s1. The highest BCUT2D eigenvalue weighted by Crippen LogP contribution is 2.55. The molecule has 0 aliphatic carbocycles. The summed E-state index contributed by atoms with van der Waals surface area (Å²) in [5.41, 5.74) is 18.3. The lowest BCUT2D eigenvalue weighted by Gasteiger charge is -2.28. The van der Waals surface area contributed by atoms with Crippen molar-refractivity contribution in [3.8, 4) is 0 Å². The Morgan fingerprint density at radius 1 is 0.542 bits per heavy atom. The van der Waals surface area contributed by atoms with Crippen molar-refractivity contribution in [2.75, 3.05) is 63.4 Å². The number of fused-ring (bicyclic) bond motifs is 2. The van der Waals surface area contributed by atoms with Crippen LogP contribution in [0.5, 0.6) is 0 Å². The molecule has 0 bridgehead atoms. The van der Waals surface area contributed by atoms with Crippen LogP contribution in [0.3, 0.4) is 0 Å². The lowest BCUT2D eigenvalue weighted by Crippen LogP contribution is -2.41. The van der Waals surface area contributed by atoms with Gasteiger partial charge in [-0.05, 0) is 39.3 Å². The third-order valence-corrected chi connectivity index (χ3v) is 21.8. The Kier molecular flexibility index (Phi) is 24.2. The highest BCUT2D eigenvalue weighted by Gasteiger charge is 2.54. The molecule has 12 rings (SSSR count). The van der Waals surface area contributed by atoms with Gasteiger partial charge in [-0.15, -0.1) is 0 Å². The second-order valence-electron chi connectivity index (χ2n) is 25.2. The number of nitrogens with one attached hydrogen (secondary N) is 3. The molecular weight excluding hydrogens is 1520 g/mol. The molecule has 107 heavy (non-hydrogen) atoms. The molecule has 5 aliphatic heterocycles. The van der Waals surface area contributed by atoms with E-state index < -0.39 is 209 Å². The van der Waals surface area contributed by atoms with Crippen LogP contribution in [-0.2, 0) is 82.9 Å². The van der Waals surface area contributed by atoms with Crippen LogP contribution < -0.4 is 56.7 Å². The van der Waals surface area contributed by atoms with Crippen molar-refractivity contribution in [3.63, 3.8) is 0 Å². The molecule has 0 aromatic carbocycles. The summed E-state index contributed by atoms with van der Waals surface area (Å²) in [6.45, 7) is -1.88. The molecule has 12 heterocycles. The molecule has 0 spiro atoms. The number of rotatable bonds is 33. The first-order valence-corrected chi connectivity index (χ1v) is 38.9. The van der Waals surface area contributed by atoms with Gasteiger partial charge in [-0.25, -0.2) is 52.6 Å². The average molecular weight is 1590 g/mol. The quantitative estimate of drug-likeness (QED) is 0.0156. The molecule has 5 aliphatic rings. The molecule has 0 saturated carbocycles. The van der Waals surface area contributed by atoms with E-state index in [0.29, 0.717) is 32.2 Å². The molecule has 48 nitrogen and oxygen atoms in total. The van der Waals surface area contributed by atoms with Gasteiger partial charge < -0.3 is 81.1 Å². The van der Waals surface area contributed by atoms with Gasteiger partial charge in [-0.1, -0.05) is 12.8 Å². The summed E-state index contributed by atoms with van der Waals surface area (Å²) in [7, 11) is -21.9. The molecule has 0 amide bonds. The van der Waals surface area contributed by atoms with Crippen LogP contribution in [0.25, 0.3) is 22.3 Å². The summed E-state index contributed by atoms with van der Waals surface area (Å²) in [6, 6.07) is 1.22. The number of hydrogen-bond acceptors (Lipinski definition) is 36. The number of imidazole rings is 2. The first-order chi connectivity index (χ1) is 50.7. The van der Waals surface area contributed by atoms with Crippen molar-refractivity contribution < 1.29 is 113 Å². The van der Waals surface area contributed by atoms with Gasteiger partial charge >= 0.3 is 48.4 Å². The normalized spacial score (nSPS) is 29.1. The predicted molar refractivity (Wildman–Crippen MR) is 358 cm³/mol. The van der Waals surface area contributed by atoms with Crippen molar-refractivity contribution in [2.45, 2.75) is 163 Å². The Hall–Kier alpha value is -7.38. The van der Waals surface area contributed by atoms with Gasteiger partial charge in [0.15, 0.2) is 28.9 Å². The number of aryl methyl sites for hydroxylation is 2. The van der Waals surface area contributed by atoms with Crippen LogP contribution in [0.4, 0.5) is 17.6 Å². The van der Waals surface area contributed by atoms with Gasteiger partial charge in [0.1, 0.15) is 104 Å². The van der Waals surface area contributed by atoms with E-state index in [9.17, 15) is 76.8 Å². The molecule has 586 valence electrons. The molecule has 52 heteroatoms. The maximum Gasteiger partial charge on any atom is 0.472 e. The fourth-order valence-corrected chi connectivity index (χ4v) is 16.4. The number of aromatic amines is 3. The number of aliphatic hydroxyl groups is 2. The number of nitrogens with two attached hydrogens (primary N) is 4. The number of ether oxygens (including phenoxy) is 6. The lowest BCUT2D eigenvalue weighted by molar-refractivity contribution is -0.0765. The number of nitrogen functional groups attached to an aromatic ring is 3. The first kappa shape index (κ1) is 79.2. The van der Waals surface area contributed by atoms with E-state index in [-0.39, 0.29) is 70.5 Å². The second kappa shape index (κ2) is 32.7. The van der Waals surface area contributed by atoms with Crippen molar-refractivity contribution >= 4 is 71.2 Å². The van der Waals surface area contributed by atoms with Gasteiger partial charge in [-0.3, -0.25) is 88.4 Å². The zero-order valence-corrected chi connectivity index (χ0v) is 60.0. The van der Waals surface area contributed by atoms with Crippen molar-refractivity contribution in [1.82, 2.24) is 67.7 Å². The molecule has 17 N–H and O–H groups in total. The summed E-state index contributed by atoms with van der Waals surface area (Å²) in [5.74, 6) is -0.503. The highest BCUT2D eigenvalue weighted by molar-refractivity contribution is 7.48. The number of nitrogens with zero attached hydrogens (tertiary/aromatic N) is 11. The maximum atomic E-state index is 14.6. The number of hydrogen-bond donors (Lipinski definition) is 13. The van der Waals surface area contributed by atoms with Crippen molar-refractivity contribution in [1.29, 1.82) is 0 Å². The topological polar surface area (TPSA) is 675 Å². The number of anilines is 3. The van der Waals surface area contributed by atoms with E-state index in [2.05, 4.69) is 44.9 Å². The zero-order chi connectivity index (χ0) is 76.6. The molecule has 5 saturated heterocycles. The molecule has 0 radical (unpaired) electrons. The summed E-state index contributed by atoms with van der Waals surface area (Å²) in [4.78, 5) is 154. The lowest BCUT2D eigenvalue weighted by atomic mass is 10.1. The van der Waals surface area contributed by atoms with E-state index in [1.165, 1.54) is 47.9 Å². The molecular formula is C55H76N18O30P4. The fourth-order valence-electron chi connectivity index (χ4n) is 12.6. The maximum absolute atomic E-state index is 14.6. The van der Waals surface area contributed by atoms with Crippen molar-refractivity contribution in [2.24, 2.45) is 5.73 Å². The fraction of sp³-hybridized carbons (Fsp3) is 0.600. The Balaban J connectivity index is 0.778. The minimum Gasteiger partial charge on any atom is -0.394 e. The van der Waals surface area contributed by atoms with E-state index in [4.69, 9.17) is 87.5 Å². The van der Waals surface area contributed by atoms with E-state index in [1.54, 1.807) is 0 Å². The van der Waals surface area contributed by atoms with Gasteiger partial charge in [0, 0.05) is 62.0 Å². The number of phosphoric acid groups is 4. The summed E-state index contributed by atoms with van der Waals surface area (Å²) in [5, 5.41) is 21.2. The second-order valence-corrected chi connectivity index (χ2v) is 30.9. The summed E-state index contributed by atoms with van der Waals surface area (Å²) in [6.07, 6.45) is -16.7. The molecule has 20 atom stereocenters. The van der Waals surface area contributed by atoms with Crippen LogP contribution >= 0.6 is 31.3 Å². The van der Waals surface area contributed by atoms with Crippen LogP contribution in [-0.4, -0.2) is 211 Å². The Bertz CT molecular complexity index is 4960. The largest absolute Gasteiger partial charge is 0.472 e. The van der Waals surface area contributed by atoms with Gasteiger partial charge in [-0.2, -0.15) is 9.97 Å². The van der Waals surface area contributed by atoms with Gasteiger partial charge in [0.25, 0.3) is 16.7 Å². The number of phosphoric ester groups is 4. The van der Waals surface area contributed by atoms with Crippen LogP contribution in [0, 0.1) is 13.8 Å². The Morgan fingerprint density at radius 3 is 1.64 bits per heavy atom. The predicted octanol–water partition coefficient (Wildman–Crippen LogP) is -2.01. The number of aliphatic hydroxyl groups excluding tert-OH is 2. The monoisotopic (exact) mass is 1590 g/mol. The van der Waals surface area contributed by atoms with Gasteiger partial charge in [0.05, 0.1) is 51.8 Å².